The van der Waals surface area contributed by atoms with E-state index < -0.39 is 0 Å². The predicted molar refractivity (Wildman–Crippen MR) is 83.8 cm³/mol. The molecule has 2 fully saturated rings. The largest absolute Gasteiger partial charge is 0.379 e. The van der Waals surface area contributed by atoms with Crippen molar-refractivity contribution in [3.63, 3.8) is 0 Å². The van der Waals surface area contributed by atoms with E-state index >= 15 is 0 Å². The van der Waals surface area contributed by atoms with Crippen molar-refractivity contribution in [2.24, 2.45) is 4.99 Å². The lowest BCUT2D eigenvalue weighted by Crippen LogP contribution is -2.47. The number of nitrogens with one attached hydrogen (secondary N) is 1. The predicted octanol–water partition coefficient (Wildman–Crippen LogP) is -0.740. The summed E-state index contributed by atoms with van der Waals surface area (Å²) in [6, 6.07) is 0.623. The SMILES string of the molecule is CN=C(NCCn1cncn1)N1CCC(N2CCOCC2)C1. The average Bonchev–Trinajstić information content (AvgIpc) is 3.24. The molecule has 22 heavy (non-hydrogen) atoms. The fraction of sp³-hybridized carbons (Fsp3) is 0.786. The Morgan fingerprint density at radius 1 is 1.36 bits per heavy atom. The molecule has 1 unspecified atom stereocenters. The second-order valence-electron chi connectivity index (χ2n) is 5.67. The molecule has 3 rings (SSSR count). The summed E-state index contributed by atoms with van der Waals surface area (Å²) in [7, 11) is 1.85. The molecule has 1 aromatic heterocycles. The number of hydrogen-bond donors (Lipinski definition) is 1. The molecule has 2 saturated heterocycles. The van der Waals surface area contributed by atoms with Gasteiger partial charge in [0.25, 0.3) is 0 Å². The first-order chi connectivity index (χ1) is 10.9. The first-order valence-corrected chi connectivity index (χ1v) is 7.96. The van der Waals surface area contributed by atoms with Gasteiger partial charge >= 0.3 is 0 Å². The van der Waals surface area contributed by atoms with Crippen LogP contribution in [0.3, 0.4) is 0 Å². The lowest BCUT2D eigenvalue weighted by Gasteiger charge is -2.32. The van der Waals surface area contributed by atoms with E-state index in [0.717, 1.165) is 58.4 Å². The Morgan fingerprint density at radius 2 is 2.23 bits per heavy atom. The van der Waals surface area contributed by atoms with Gasteiger partial charge in [0.15, 0.2) is 5.96 Å². The van der Waals surface area contributed by atoms with Gasteiger partial charge in [0.1, 0.15) is 12.7 Å². The monoisotopic (exact) mass is 307 g/mol. The van der Waals surface area contributed by atoms with E-state index in [-0.39, 0.29) is 0 Å². The fourth-order valence-electron chi connectivity index (χ4n) is 3.14. The van der Waals surface area contributed by atoms with Crippen LogP contribution in [0.25, 0.3) is 0 Å². The van der Waals surface area contributed by atoms with Crippen LogP contribution in [0, 0.1) is 0 Å². The Labute approximate surface area is 131 Å². The molecule has 2 aliphatic rings. The van der Waals surface area contributed by atoms with E-state index in [1.165, 1.54) is 6.42 Å². The van der Waals surface area contributed by atoms with Crippen LogP contribution < -0.4 is 5.32 Å². The first kappa shape index (κ1) is 15.2. The zero-order valence-corrected chi connectivity index (χ0v) is 13.2. The van der Waals surface area contributed by atoms with Gasteiger partial charge in [-0.3, -0.25) is 14.6 Å². The number of guanidine groups is 1. The minimum atomic E-state index is 0.623. The van der Waals surface area contributed by atoms with Gasteiger partial charge in [-0.1, -0.05) is 0 Å². The molecule has 1 atom stereocenters. The Bertz CT molecular complexity index is 470. The van der Waals surface area contributed by atoms with Crippen molar-refractivity contribution < 1.29 is 4.74 Å². The molecule has 122 valence electrons. The normalized spacial score (nSPS) is 24.0. The molecular formula is C14H25N7O. The number of nitrogens with zero attached hydrogens (tertiary/aromatic N) is 6. The maximum atomic E-state index is 5.44. The molecule has 1 N–H and O–H groups in total. The molecule has 0 amide bonds. The van der Waals surface area contributed by atoms with Gasteiger partial charge in [-0.25, -0.2) is 4.98 Å². The first-order valence-electron chi connectivity index (χ1n) is 7.96. The van der Waals surface area contributed by atoms with Crippen LogP contribution in [-0.4, -0.2) is 89.6 Å². The number of aliphatic imine (C=N–C) groups is 1. The summed E-state index contributed by atoms with van der Waals surface area (Å²) in [4.78, 5) is 13.3. The molecule has 8 heteroatoms. The van der Waals surface area contributed by atoms with Crippen molar-refractivity contribution in [3.8, 4) is 0 Å². The Balaban J connectivity index is 1.45. The summed E-state index contributed by atoms with van der Waals surface area (Å²) in [6.45, 7) is 7.53. The van der Waals surface area contributed by atoms with Crippen LogP contribution in [0.1, 0.15) is 6.42 Å². The van der Waals surface area contributed by atoms with E-state index in [4.69, 9.17) is 4.74 Å². The zero-order chi connectivity index (χ0) is 15.2. The third kappa shape index (κ3) is 3.75. The maximum Gasteiger partial charge on any atom is 0.193 e. The number of hydrogen-bond acceptors (Lipinski definition) is 5. The van der Waals surface area contributed by atoms with E-state index in [2.05, 4.69) is 30.2 Å². The maximum absolute atomic E-state index is 5.44. The van der Waals surface area contributed by atoms with Crippen molar-refractivity contribution in [3.05, 3.63) is 12.7 Å². The number of morpholine rings is 1. The van der Waals surface area contributed by atoms with Crippen molar-refractivity contribution in [2.45, 2.75) is 19.0 Å². The number of likely N-dealkylation sites (tertiary alicyclic amines) is 1. The quantitative estimate of drug-likeness (QED) is 0.584. The highest BCUT2D eigenvalue weighted by molar-refractivity contribution is 5.80. The standard InChI is InChI=1S/C14H25N7O/c1-15-14(17-3-5-21-12-16-11-18-21)20-4-2-13(10-20)19-6-8-22-9-7-19/h11-13H,2-10H2,1H3,(H,15,17). The van der Waals surface area contributed by atoms with Crippen molar-refractivity contribution in [1.82, 2.24) is 29.9 Å². The Kier molecular flexibility index (Phi) is 5.23. The lowest BCUT2D eigenvalue weighted by molar-refractivity contribution is 0.0195. The smallest absolute Gasteiger partial charge is 0.193 e. The highest BCUT2D eigenvalue weighted by Crippen LogP contribution is 2.16. The highest BCUT2D eigenvalue weighted by Gasteiger charge is 2.30. The zero-order valence-electron chi connectivity index (χ0n) is 13.2. The highest BCUT2D eigenvalue weighted by atomic mass is 16.5. The van der Waals surface area contributed by atoms with Gasteiger partial charge < -0.3 is 15.0 Å². The Hall–Kier alpha value is -1.67. The van der Waals surface area contributed by atoms with Crippen molar-refractivity contribution >= 4 is 5.96 Å². The summed E-state index contributed by atoms with van der Waals surface area (Å²) in [6.07, 6.45) is 4.49. The molecule has 3 heterocycles. The topological polar surface area (TPSA) is 70.8 Å². The van der Waals surface area contributed by atoms with Crippen LogP contribution >= 0.6 is 0 Å². The molecule has 1 aromatic rings. The van der Waals surface area contributed by atoms with E-state index in [0.29, 0.717) is 6.04 Å². The fourth-order valence-corrected chi connectivity index (χ4v) is 3.14. The molecular weight excluding hydrogens is 282 g/mol. The molecule has 0 radical (unpaired) electrons. The van der Waals surface area contributed by atoms with Gasteiger partial charge in [-0.05, 0) is 6.42 Å². The van der Waals surface area contributed by atoms with Crippen LogP contribution in [0.4, 0.5) is 0 Å². The Morgan fingerprint density at radius 3 is 2.95 bits per heavy atom. The van der Waals surface area contributed by atoms with Crippen molar-refractivity contribution in [1.29, 1.82) is 0 Å². The van der Waals surface area contributed by atoms with Crippen molar-refractivity contribution in [2.75, 3.05) is 53.0 Å². The van der Waals surface area contributed by atoms with E-state index in [9.17, 15) is 0 Å². The molecule has 0 spiro atoms. The summed E-state index contributed by atoms with van der Waals surface area (Å²) in [5.74, 6) is 0.982. The minimum Gasteiger partial charge on any atom is -0.379 e. The van der Waals surface area contributed by atoms with Gasteiger partial charge in [-0.15, -0.1) is 0 Å². The second kappa shape index (κ2) is 7.55. The molecule has 0 aliphatic carbocycles. The second-order valence-corrected chi connectivity index (χ2v) is 5.67. The summed E-state index contributed by atoms with van der Waals surface area (Å²) >= 11 is 0. The van der Waals surface area contributed by atoms with Gasteiger partial charge in [-0.2, -0.15) is 5.10 Å². The molecule has 0 saturated carbocycles. The summed E-state index contributed by atoms with van der Waals surface area (Å²) in [5.41, 5.74) is 0. The minimum absolute atomic E-state index is 0.623. The summed E-state index contributed by atoms with van der Waals surface area (Å²) < 4.78 is 7.26. The van der Waals surface area contributed by atoms with Gasteiger partial charge in [0, 0.05) is 45.8 Å². The van der Waals surface area contributed by atoms with E-state index in [1.807, 2.05) is 11.7 Å². The van der Waals surface area contributed by atoms with Crippen LogP contribution in [0.5, 0.6) is 0 Å². The number of rotatable bonds is 4. The van der Waals surface area contributed by atoms with E-state index in [1.54, 1.807) is 12.7 Å². The molecule has 0 aromatic carbocycles. The molecule has 2 aliphatic heterocycles. The van der Waals surface area contributed by atoms with Gasteiger partial charge in [0.2, 0.25) is 0 Å². The number of aromatic nitrogens is 3. The third-order valence-corrected chi connectivity index (χ3v) is 4.33. The summed E-state index contributed by atoms with van der Waals surface area (Å²) in [5, 5.41) is 7.52. The van der Waals surface area contributed by atoms with Crippen LogP contribution in [-0.2, 0) is 11.3 Å². The van der Waals surface area contributed by atoms with Crippen LogP contribution in [0.2, 0.25) is 0 Å². The molecule has 0 bridgehead atoms. The van der Waals surface area contributed by atoms with Gasteiger partial charge in [0.05, 0.1) is 19.8 Å². The third-order valence-electron chi connectivity index (χ3n) is 4.33. The molecule has 8 nitrogen and oxygen atoms in total. The average molecular weight is 307 g/mol. The lowest BCUT2D eigenvalue weighted by atomic mass is 10.2. The van der Waals surface area contributed by atoms with Crippen LogP contribution in [0.15, 0.2) is 17.6 Å². The number of ether oxygens (including phenoxy) is 1.